The molecule has 0 unspecified atom stereocenters. The Labute approximate surface area is 158 Å². The van der Waals surface area contributed by atoms with E-state index in [4.69, 9.17) is 21.1 Å². The molecule has 7 heteroatoms. The summed E-state index contributed by atoms with van der Waals surface area (Å²) in [5.74, 6) is -0.486. The number of benzene rings is 2. The van der Waals surface area contributed by atoms with Crippen molar-refractivity contribution in [3.63, 3.8) is 0 Å². The highest BCUT2D eigenvalue weighted by Gasteiger charge is 2.08. The number of rotatable bonds is 6. The van der Waals surface area contributed by atoms with Gasteiger partial charge in [-0.25, -0.2) is 4.79 Å². The minimum Gasteiger partial charge on any atom is -0.496 e. The van der Waals surface area contributed by atoms with Gasteiger partial charge in [0.05, 0.1) is 17.8 Å². The molecule has 0 bridgehead atoms. The lowest BCUT2D eigenvalue weighted by molar-refractivity contribution is -0.142. The summed E-state index contributed by atoms with van der Waals surface area (Å²) in [5.41, 5.74) is 1.17. The first-order valence-electron chi connectivity index (χ1n) is 7.22. The van der Waals surface area contributed by atoms with Gasteiger partial charge in [-0.2, -0.15) is 0 Å². The Morgan fingerprint density at radius 1 is 1.24 bits per heavy atom. The van der Waals surface area contributed by atoms with Gasteiger partial charge < -0.3 is 14.8 Å². The highest BCUT2D eigenvalue weighted by molar-refractivity contribution is 9.10. The first kappa shape index (κ1) is 19.0. The Morgan fingerprint density at radius 2 is 2.00 bits per heavy atom. The number of halogens is 2. The van der Waals surface area contributed by atoms with E-state index in [2.05, 4.69) is 21.2 Å². The molecule has 0 aliphatic carbocycles. The molecule has 0 aliphatic heterocycles. The molecule has 2 rings (SSSR count). The van der Waals surface area contributed by atoms with E-state index in [1.165, 1.54) is 6.08 Å². The van der Waals surface area contributed by atoms with Crippen molar-refractivity contribution in [2.75, 3.05) is 19.0 Å². The Bertz CT molecular complexity index is 807. The summed E-state index contributed by atoms with van der Waals surface area (Å²) >= 11 is 9.28. The Kier molecular flexibility index (Phi) is 7.03. The molecule has 0 radical (unpaired) electrons. The molecule has 1 N–H and O–H groups in total. The van der Waals surface area contributed by atoms with E-state index < -0.39 is 18.5 Å². The van der Waals surface area contributed by atoms with Gasteiger partial charge in [-0.15, -0.1) is 0 Å². The fourth-order valence-corrected chi connectivity index (χ4v) is 2.64. The van der Waals surface area contributed by atoms with Gasteiger partial charge in [0, 0.05) is 16.1 Å². The van der Waals surface area contributed by atoms with Crippen LogP contribution < -0.4 is 10.1 Å². The number of ether oxygens (including phenoxy) is 2. The minimum absolute atomic E-state index is 0.380. The number of hydrogen-bond acceptors (Lipinski definition) is 4. The summed E-state index contributed by atoms with van der Waals surface area (Å²) in [4.78, 5) is 23.5. The number of methoxy groups -OCH3 is 1. The standard InChI is InChI=1S/C18H15BrClNO4/c1-24-16-5-3-2-4-12(16)6-9-18(23)25-11-17(22)21-15-8-7-13(19)10-14(15)20/h2-10H,11H2,1H3,(H,21,22)/b9-6+. The van der Waals surface area contributed by atoms with Gasteiger partial charge in [0.25, 0.3) is 5.91 Å². The lowest BCUT2D eigenvalue weighted by Gasteiger charge is -2.07. The Hall–Kier alpha value is -2.31. The maximum Gasteiger partial charge on any atom is 0.331 e. The second-order valence-electron chi connectivity index (χ2n) is 4.86. The first-order valence-corrected chi connectivity index (χ1v) is 8.39. The van der Waals surface area contributed by atoms with Gasteiger partial charge in [-0.05, 0) is 30.3 Å². The van der Waals surface area contributed by atoms with Gasteiger partial charge in [0.15, 0.2) is 6.61 Å². The zero-order valence-corrected chi connectivity index (χ0v) is 15.6. The minimum atomic E-state index is -0.636. The summed E-state index contributed by atoms with van der Waals surface area (Å²) in [7, 11) is 1.54. The van der Waals surface area contributed by atoms with Gasteiger partial charge in [0.2, 0.25) is 0 Å². The van der Waals surface area contributed by atoms with Crippen LogP contribution in [0.3, 0.4) is 0 Å². The third-order valence-electron chi connectivity index (χ3n) is 3.09. The van der Waals surface area contributed by atoms with Crippen LogP contribution in [0.5, 0.6) is 5.75 Å². The molecular weight excluding hydrogens is 410 g/mol. The van der Waals surface area contributed by atoms with E-state index in [0.29, 0.717) is 16.5 Å². The van der Waals surface area contributed by atoms with Gasteiger partial charge in [-0.3, -0.25) is 4.79 Å². The Morgan fingerprint density at radius 3 is 2.72 bits per heavy atom. The van der Waals surface area contributed by atoms with Crippen LogP contribution in [0.25, 0.3) is 6.08 Å². The van der Waals surface area contributed by atoms with Crippen LogP contribution in [0.15, 0.2) is 53.0 Å². The molecule has 0 aromatic heterocycles. The van der Waals surface area contributed by atoms with Crippen molar-refractivity contribution in [1.29, 1.82) is 0 Å². The zero-order valence-electron chi connectivity index (χ0n) is 13.3. The van der Waals surface area contributed by atoms with Crippen LogP contribution in [-0.4, -0.2) is 25.6 Å². The van der Waals surface area contributed by atoms with Crippen molar-refractivity contribution in [1.82, 2.24) is 0 Å². The van der Waals surface area contributed by atoms with Crippen molar-refractivity contribution in [3.05, 3.63) is 63.6 Å². The number of amides is 1. The average Bonchev–Trinajstić information content (AvgIpc) is 2.60. The quantitative estimate of drug-likeness (QED) is 0.554. The number of carbonyl (C=O) groups excluding carboxylic acids is 2. The molecule has 0 atom stereocenters. The maximum atomic E-state index is 11.8. The molecule has 0 saturated heterocycles. The van der Waals surface area contributed by atoms with Crippen LogP contribution in [0, 0.1) is 0 Å². The van der Waals surface area contributed by atoms with Crippen molar-refractivity contribution in [3.8, 4) is 5.75 Å². The summed E-state index contributed by atoms with van der Waals surface area (Å²) in [5, 5.41) is 2.95. The molecule has 2 aromatic carbocycles. The molecule has 25 heavy (non-hydrogen) atoms. The van der Waals surface area contributed by atoms with E-state index in [0.717, 1.165) is 10.0 Å². The van der Waals surface area contributed by atoms with Crippen molar-refractivity contribution >= 4 is 51.2 Å². The summed E-state index contributed by atoms with van der Waals surface area (Å²) in [6.45, 7) is -0.415. The number of carbonyl (C=O) groups is 2. The highest BCUT2D eigenvalue weighted by Crippen LogP contribution is 2.25. The van der Waals surface area contributed by atoms with E-state index >= 15 is 0 Å². The lowest BCUT2D eigenvalue weighted by Crippen LogP contribution is -2.20. The van der Waals surface area contributed by atoms with Crippen molar-refractivity contribution in [2.45, 2.75) is 0 Å². The summed E-state index contributed by atoms with van der Waals surface area (Å²) < 4.78 is 10.9. The molecule has 0 fully saturated rings. The Balaban J connectivity index is 1.87. The van der Waals surface area contributed by atoms with Gasteiger partial charge in [0.1, 0.15) is 5.75 Å². The molecule has 0 aliphatic rings. The smallest absolute Gasteiger partial charge is 0.331 e. The second-order valence-corrected chi connectivity index (χ2v) is 6.18. The number of esters is 1. The van der Waals surface area contributed by atoms with Gasteiger partial charge in [-0.1, -0.05) is 45.7 Å². The number of para-hydroxylation sites is 1. The molecule has 2 aromatic rings. The zero-order chi connectivity index (χ0) is 18.2. The van der Waals surface area contributed by atoms with Crippen LogP contribution in [0.1, 0.15) is 5.56 Å². The van der Waals surface area contributed by atoms with Crippen LogP contribution in [0.2, 0.25) is 5.02 Å². The number of nitrogens with one attached hydrogen (secondary N) is 1. The van der Waals surface area contributed by atoms with Gasteiger partial charge >= 0.3 is 5.97 Å². The third kappa shape index (κ3) is 5.92. The van der Waals surface area contributed by atoms with Crippen molar-refractivity contribution < 1.29 is 19.1 Å². The van der Waals surface area contributed by atoms with Crippen LogP contribution in [0.4, 0.5) is 5.69 Å². The average molecular weight is 425 g/mol. The predicted octanol–water partition coefficient (Wildman–Crippen LogP) is 4.31. The van der Waals surface area contributed by atoms with E-state index in [9.17, 15) is 9.59 Å². The van der Waals surface area contributed by atoms with E-state index in [1.54, 1.807) is 43.5 Å². The maximum absolute atomic E-state index is 11.8. The molecule has 130 valence electrons. The van der Waals surface area contributed by atoms with Crippen molar-refractivity contribution in [2.24, 2.45) is 0 Å². The third-order valence-corrected chi connectivity index (χ3v) is 3.89. The highest BCUT2D eigenvalue weighted by atomic mass is 79.9. The summed E-state index contributed by atoms with van der Waals surface area (Å²) in [6.07, 6.45) is 2.79. The fraction of sp³-hybridized carbons (Fsp3) is 0.111. The lowest BCUT2D eigenvalue weighted by atomic mass is 10.2. The predicted molar refractivity (Wildman–Crippen MR) is 101 cm³/mol. The molecule has 0 spiro atoms. The molecule has 5 nitrogen and oxygen atoms in total. The summed E-state index contributed by atoms with van der Waals surface area (Å²) in [6, 6.07) is 12.3. The van der Waals surface area contributed by atoms with E-state index in [1.807, 2.05) is 12.1 Å². The topological polar surface area (TPSA) is 64.6 Å². The SMILES string of the molecule is COc1ccccc1/C=C/C(=O)OCC(=O)Nc1ccc(Br)cc1Cl. The van der Waals surface area contributed by atoms with Crippen LogP contribution >= 0.6 is 27.5 Å². The molecule has 0 saturated carbocycles. The largest absolute Gasteiger partial charge is 0.496 e. The first-order chi connectivity index (χ1) is 12.0. The van der Waals surface area contributed by atoms with E-state index in [-0.39, 0.29) is 0 Å². The molecular formula is C18H15BrClNO4. The molecule has 0 heterocycles. The van der Waals surface area contributed by atoms with Crippen LogP contribution in [-0.2, 0) is 14.3 Å². The normalized spacial score (nSPS) is 10.5. The molecule has 1 amide bonds. The fourth-order valence-electron chi connectivity index (χ4n) is 1.92. The second kappa shape index (κ2) is 9.25. The number of hydrogen-bond donors (Lipinski definition) is 1. The monoisotopic (exact) mass is 423 g/mol. The number of anilines is 1.